The molecule has 0 aromatic carbocycles. The Bertz CT molecular complexity index is 569. The molecule has 0 radical (unpaired) electrons. The summed E-state index contributed by atoms with van der Waals surface area (Å²) in [4.78, 5) is 8.37. The van der Waals surface area contributed by atoms with E-state index < -0.39 is 0 Å². The van der Waals surface area contributed by atoms with E-state index in [4.69, 9.17) is 0 Å². The molecule has 3 rings (SSSR count). The maximum absolute atomic E-state index is 10.2. The number of fused-ring (bicyclic) bond motifs is 1. The van der Waals surface area contributed by atoms with Crippen LogP contribution in [0.3, 0.4) is 0 Å². The lowest BCUT2D eigenvalue weighted by molar-refractivity contribution is 0.00960. The summed E-state index contributed by atoms with van der Waals surface area (Å²) < 4.78 is 0. The molecule has 19 heavy (non-hydrogen) atoms. The molecule has 1 saturated carbocycles. The van der Waals surface area contributed by atoms with Crippen molar-refractivity contribution in [3.8, 4) is 0 Å². The van der Waals surface area contributed by atoms with Crippen molar-refractivity contribution in [2.75, 3.05) is 11.9 Å². The second-order valence-electron chi connectivity index (χ2n) is 5.62. The Kier molecular flexibility index (Phi) is 3.10. The van der Waals surface area contributed by atoms with Crippen LogP contribution in [0.15, 0.2) is 12.5 Å². The highest BCUT2D eigenvalue weighted by atomic mass is 16.3. The third kappa shape index (κ3) is 2.28. The van der Waals surface area contributed by atoms with Crippen molar-refractivity contribution in [1.29, 1.82) is 0 Å². The second kappa shape index (κ2) is 4.77. The zero-order chi connectivity index (χ0) is 13.3. The number of anilines is 1. The van der Waals surface area contributed by atoms with Gasteiger partial charge in [-0.1, -0.05) is 19.8 Å². The molecule has 0 aliphatic heterocycles. The monoisotopic (exact) mass is 261 g/mol. The summed E-state index contributed by atoms with van der Waals surface area (Å²) in [5, 5.41) is 21.2. The SMILES string of the molecule is CC1(CNc2ncnc3[nH]ncc23)CCCCC1O. The summed E-state index contributed by atoms with van der Waals surface area (Å²) in [6.45, 7) is 2.85. The molecule has 1 aliphatic carbocycles. The molecule has 2 atom stereocenters. The first kappa shape index (κ1) is 12.3. The number of nitrogens with zero attached hydrogens (tertiary/aromatic N) is 3. The topological polar surface area (TPSA) is 86.7 Å². The Labute approximate surface area is 111 Å². The third-order valence-corrected chi connectivity index (χ3v) is 4.19. The Balaban J connectivity index is 1.77. The molecule has 0 amide bonds. The van der Waals surface area contributed by atoms with Crippen LogP contribution >= 0.6 is 0 Å². The Morgan fingerprint density at radius 1 is 1.47 bits per heavy atom. The minimum atomic E-state index is -0.240. The molecule has 2 aromatic heterocycles. The Hall–Kier alpha value is -1.69. The molecular formula is C13H19N5O. The molecule has 0 spiro atoms. The molecule has 6 heteroatoms. The van der Waals surface area contributed by atoms with Gasteiger partial charge in [-0.25, -0.2) is 9.97 Å². The van der Waals surface area contributed by atoms with Crippen molar-refractivity contribution in [3.05, 3.63) is 12.5 Å². The van der Waals surface area contributed by atoms with Crippen molar-refractivity contribution in [2.24, 2.45) is 5.41 Å². The molecule has 0 saturated heterocycles. The van der Waals surface area contributed by atoms with Crippen molar-refractivity contribution < 1.29 is 5.11 Å². The summed E-state index contributed by atoms with van der Waals surface area (Å²) in [5.74, 6) is 0.776. The number of H-pyrrole nitrogens is 1. The maximum atomic E-state index is 10.2. The number of hydrogen-bond acceptors (Lipinski definition) is 5. The van der Waals surface area contributed by atoms with Crippen LogP contribution < -0.4 is 5.32 Å². The minimum absolute atomic E-state index is 0.0841. The fraction of sp³-hybridized carbons (Fsp3) is 0.615. The normalized spacial score (nSPS) is 27.6. The summed E-state index contributed by atoms with van der Waals surface area (Å²) >= 11 is 0. The molecule has 2 unspecified atom stereocenters. The molecule has 2 heterocycles. The number of aliphatic hydroxyl groups excluding tert-OH is 1. The van der Waals surface area contributed by atoms with Crippen LogP contribution in [0.5, 0.6) is 0 Å². The van der Waals surface area contributed by atoms with Gasteiger partial charge in [0, 0.05) is 12.0 Å². The highest BCUT2D eigenvalue weighted by Gasteiger charge is 2.35. The van der Waals surface area contributed by atoms with Crippen LogP contribution in [0.4, 0.5) is 5.82 Å². The van der Waals surface area contributed by atoms with Crippen LogP contribution in [0.2, 0.25) is 0 Å². The second-order valence-corrected chi connectivity index (χ2v) is 5.62. The Morgan fingerprint density at radius 3 is 3.21 bits per heavy atom. The van der Waals surface area contributed by atoms with Gasteiger partial charge in [-0.15, -0.1) is 0 Å². The van der Waals surface area contributed by atoms with Gasteiger partial charge in [-0.2, -0.15) is 5.10 Å². The summed E-state index contributed by atoms with van der Waals surface area (Å²) in [6.07, 6.45) is 7.23. The maximum Gasteiger partial charge on any atom is 0.160 e. The lowest BCUT2D eigenvalue weighted by atomic mass is 9.73. The first-order valence-electron chi connectivity index (χ1n) is 6.75. The van der Waals surface area contributed by atoms with E-state index in [9.17, 15) is 5.11 Å². The van der Waals surface area contributed by atoms with Gasteiger partial charge < -0.3 is 10.4 Å². The Morgan fingerprint density at radius 2 is 2.37 bits per heavy atom. The van der Waals surface area contributed by atoms with Gasteiger partial charge in [0.05, 0.1) is 17.7 Å². The van der Waals surface area contributed by atoms with E-state index in [0.717, 1.165) is 36.1 Å². The van der Waals surface area contributed by atoms with Crippen LogP contribution in [-0.2, 0) is 0 Å². The molecule has 3 N–H and O–H groups in total. The molecule has 1 aliphatic rings. The van der Waals surface area contributed by atoms with Crippen molar-refractivity contribution >= 4 is 16.9 Å². The highest BCUT2D eigenvalue weighted by Crippen LogP contribution is 2.36. The zero-order valence-electron chi connectivity index (χ0n) is 11.1. The van der Waals surface area contributed by atoms with Crippen molar-refractivity contribution in [2.45, 2.75) is 38.7 Å². The molecule has 102 valence electrons. The van der Waals surface area contributed by atoms with E-state index in [1.54, 1.807) is 6.20 Å². The van der Waals surface area contributed by atoms with Crippen LogP contribution in [0.1, 0.15) is 32.6 Å². The fourth-order valence-electron chi connectivity index (χ4n) is 2.78. The summed E-state index contributed by atoms with van der Waals surface area (Å²) in [7, 11) is 0. The van der Waals surface area contributed by atoms with Crippen LogP contribution in [0.25, 0.3) is 11.0 Å². The summed E-state index contributed by atoms with van der Waals surface area (Å²) in [6, 6.07) is 0. The van der Waals surface area contributed by atoms with E-state index in [1.165, 1.54) is 12.7 Å². The number of nitrogens with one attached hydrogen (secondary N) is 2. The standard InChI is InChI=1S/C13H19N5O/c1-13(5-3-2-4-10(13)19)7-14-11-9-6-17-18-12(9)16-8-15-11/h6,8,10,19H,2-5,7H2,1H3,(H2,14,15,16,17,18). The zero-order valence-corrected chi connectivity index (χ0v) is 11.1. The van der Waals surface area contributed by atoms with E-state index in [-0.39, 0.29) is 11.5 Å². The van der Waals surface area contributed by atoms with E-state index in [1.807, 2.05) is 0 Å². The third-order valence-electron chi connectivity index (χ3n) is 4.19. The summed E-state index contributed by atoms with van der Waals surface area (Å²) in [5.41, 5.74) is 0.644. The molecular weight excluding hydrogens is 242 g/mol. The van der Waals surface area contributed by atoms with Gasteiger partial charge in [0.1, 0.15) is 12.1 Å². The van der Waals surface area contributed by atoms with Crippen LogP contribution in [-0.4, -0.2) is 37.9 Å². The number of rotatable bonds is 3. The molecule has 2 aromatic rings. The van der Waals surface area contributed by atoms with Gasteiger partial charge >= 0.3 is 0 Å². The first-order valence-corrected chi connectivity index (χ1v) is 6.75. The average molecular weight is 261 g/mol. The van der Waals surface area contributed by atoms with Gasteiger partial charge in [-0.3, -0.25) is 5.10 Å². The predicted octanol–water partition coefficient (Wildman–Crippen LogP) is 1.71. The number of aromatic nitrogens is 4. The highest BCUT2D eigenvalue weighted by molar-refractivity contribution is 5.85. The van der Waals surface area contributed by atoms with Gasteiger partial charge in [-0.05, 0) is 12.8 Å². The van der Waals surface area contributed by atoms with Crippen LogP contribution in [0, 0.1) is 5.41 Å². The van der Waals surface area contributed by atoms with E-state index in [0.29, 0.717) is 6.54 Å². The average Bonchev–Trinajstić information content (AvgIpc) is 2.89. The number of aromatic amines is 1. The van der Waals surface area contributed by atoms with E-state index >= 15 is 0 Å². The first-order chi connectivity index (χ1) is 9.19. The molecule has 1 fully saturated rings. The largest absolute Gasteiger partial charge is 0.392 e. The minimum Gasteiger partial charge on any atom is -0.392 e. The van der Waals surface area contributed by atoms with Crippen molar-refractivity contribution in [3.63, 3.8) is 0 Å². The fourth-order valence-corrected chi connectivity index (χ4v) is 2.78. The number of hydrogen-bond donors (Lipinski definition) is 3. The van der Waals surface area contributed by atoms with Gasteiger partial charge in [0.15, 0.2) is 5.65 Å². The smallest absolute Gasteiger partial charge is 0.160 e. The van der Waals surface area contributed by atoms with Crippen molar-refractivity contribution in [1.82, 2.24) is 20.2 Å². The lowest BCUT2D eigenvalue weighted by Crippen LogP contribution is -2.41. The molecule has 6 nitrogen and oxygen atoms in total. The quantitative estimate of drug-likeness (QED) is 0.783. The van der Waals surface area contributed by atoms with Gasteiger partial charge in [0.25, 0.3) is 0 Å². The van der Waals surface area contributed by atoms with Gasteiger partial charge in [0.2, 0.25) is 0 Å². The predicted molar refractivity (Wildman–Crippen MR) is 72.8 cm³/mol. The molecule has 0 bridgehead atoms. The van der Waals surface area contributed by atoms with E-state index in [2.05, 4.69) is 32.4 Å². The number of aliphatic hydroxyl groups is 1. The lowest BCUT2D eigenvalue weighted by Gasteiger charge is -2.38.